The second kappa shape index (κ2) is 7.28. The molecule has 0 saturated heterocycles. The van der Waals surface area contributed by atoms with E-state index in [1.54, 1.807) is 11.3 Å². The van der Waals surface area contributed by atoms with Crippen LogP contribution in [0.25, 0.3) is 10.9 Å². The van der Waals surface area contributed by atoms with E-state index in [4.69, 9.17) is 0 Å². The topological polar surface area (TPSA) is 8.17 Å². The van der Waals surface area contributed by atoms with Crippen molar-refractivity contribution >= 4 is 10.9 Å². The lowest BCUT2D eigenvalue weighted by atomic mass is 9.98. The van der Waals surface area contributed by atoms with E-state index in [9.17, 15) is 0 Å². The molecular weight excluding hydrogens is 316 g/mol. The molecule has 0 bridgehead atoms. The molecule has 1 aliphatic heterocycles. The van der Waals surface area contributed by atoms with Gasteiger partial charge in [-0.3, -0.25) is 4.90 Å². The van der Waals surface area contributed by atoms with Gasteiger partial charge < -0.3 is 4.57 Å². The third-order valence-electron chi connectivity index (χ3n) is 6.01. The Morgan fingerprint density at radius 2 is 1.88 bits per heavy atom. The Balaban J connectivity index is 1.66. The molecule has 26 heavy (non-hydrogen) atoms. The zero-order chi connectivity index (χ0) is 18.1. The van der Waals surface area contributed by atoms with Crippen molar-refractivity contribution in [3.63, 3.8) is 0 Å². The second-order valence-corrected chi connectivity index (χ2v) is 7.80. The van der Waals surface area contributed by atoms with Gasteiger partial charge in [-0.25, -0.2) is 0 Å². The number of aromatic nitrogens is 1. The lowest BCUT2D eigenvalue weighted by Gasteiger charge is -2.33. The van der Waals surface area contributed by atoms with E-state index >= 15 is 0 Å². The van der Waals surface area contributed by atoms with E-state index in [1.807, 2.05) is 0 Å². The molecule has 1 atom stereocenters. The molecule has 1 aliphatic rings. The third-order valence-corrected chi connectivity index (χ3v) is 6.01. The number of fused-ring (bicyclic) bond motifs is 3. The summed E-state index contributed by atoms with van der Waals surface area (Å²) in [7, 11) is 0. The van der Waals surface area contributed by atoms with Crippen molar-refractivity contribution in [1.29, 1.82) is 0 Å². The maximum absolute atomic E-state index is 2.62. The Morgan fingerprint density at radius 3 is 2.65 bits per heavy atom. The van der Waals surface area contributed by atoms with Crippen LogP contribution in [0.3, 0.4) is 0 Å². The first-order valence-electron chi connectivity index (χ1n) is 10.1. The lowest BCUT2D eigenvalue weighted by Crippen LogP contribution is -2.38. The summed E-state index contributed by atoms with van der Waals surface area (Å²) in [5.41, 5.74) is 7.39. The average Bonchev–Trinajstić information content (AvgIpc) is 2.94. The molecule has 2 heterocycles. The van der Waals surface area contributed by atoms with Crippen LogP contribution in [-0.4, -0.2) is 22.1 Å². The molecule has 0 N–H and O–H groups in total. The van der Waals surface area contributed by atoms with E-state index in [0.29, 0.717) is 6.04 Å². The molecule has 1 unspecified atom stereocenters. The minimum absolute atomic E-state index is 0.630. The van der Waals surface area contributed by atoms with Gasteiger partial charge in [-0.2, -0.15) is 0 Å². The van der Waals surface area contributed by atoms with Gasteiger partial charge in [0.05, 0.1) is 0 Å². The minimum Gasteiger partial charge on any atom is -0.344 e. The first-order valence-corrected chi connectivity index (χ1v) is 10.1. The summed E-state index contributed by atoms with van der Waals surface area (Å²) in [6, 6.07) is 18.5. The van der Waals surface area contributed by atoms with Gasteiger partial charge in [0.15, 0.2) is 0 Å². The fraction of sp³-hybridized carbons (Fsp3) is 0.417. The second-order valence-electron chi connectivity index (χ2n) is 7.80. The number of hydrogen-bond acceptors (Lipinski definition) is 1. The summed E-state index contributed by atoms with van der Waals surface area (Å²) in [6.45, 7) is 10.2. The number of nitrogens with zero attached hydrogens (tertiary/aromatic N) is 2. The molecule has 2 heteroatoms. The van der Waals surface area contributed by atoms with Gasteiger partial charge in [0.1, 0.15) is 0 Å². The highest BCUT2D eigenvalue weighted by molar-refractivity contribution is 5.86. The largest absolute Gasteiger partial charge is 0.344 e. The highest BCUT2D eigenvalue weighted by Gasteiger charge is 2.27. The van der Waals surface area contributed by atoms with Crippen molar-refractivity contribution in [2.45, 2.75) is 59.2 Å². The Labute approximate surface area is 157 Å². The summed E-state index contributed by atoms with van der Waals surface area (Å²) in [6.07, 6.45) is 3.51. The summed E-state index contributed by atoms with van der Waals surface area (Å²) in [4.78, 5) is 2.61. The number of aryl methyl sites for hydroxylation is 3. The molecule has 2 aromatic carbocycles. The van der Waals surface area contributed by atoms with Gasteiger partial charge in [0.2, 0.25) is 0 Å². The molecular formula is C24H30N2. The summed E-state index contributed by atoms with van der Waals surface area (Å²) < 4.78 is 2.62. The van der Waals surface area contributed by atoms with Crippen LogP contribution < -0.4 is 0 Å². The van der Waals surface area contributed by atoms with Crippen LogP contribution in [0.15, 0.2) is 48.5 Å². The van der Waals surface area contributed by atoms with Crippen molar-refractivity contribution in [2.24, 2.45) is 0 Å². The standard InChI is InChI=1S/C24H30N2/c1-4-25-17-22-21-15-18(2)12-13-23(21)26(24(22)16-19(25)3)14-8-11-20-9-6-5-7-10-20/h5-7,9-10,12-13,15,19H,4,8,11,14,16-17H2,1-3H3. The average molecular weight is 347 g/mol. The van der Waals surface area contributed by atoms with Crippen LogP contribution in [0.5, 0.6) is 0 Å². The zero-order valence-electron chi connectivity index (χ0n) is 16.3. The first-order chi connectivity index (χ1) is 12.7. The van der Waals surface area contributed by atoms with Crippen molar-refractivity contribution in [2.75, 3.05) is 6.54 Å². The molecule has 2 nitrogen and oxygen atoms in total. The fourth-order valence-corrected chi connectivity index (χ4v) is 4.53. The number of likely N-dealkylation sites (N-methyl/N-ethyl adjacent to an activating group) is 1. The molecule has 0 radical (unpaired) electrons. The number of hydrogen-bond donors (Lipinski definition) is 0. The van der Waals surface area contributed by atoms with Gasteiger partial charge in [-0.1, -0.05) is 48.9 Å². The van der Waals surface area contributed by atoms with Crippen LogP contribution in [0.4, 0.5) is 0 Å². The molecule has 0 aliphatic carbocycles. The molecule has 0 fully saturated rings. The Morgan fingerprint density at radius 1 is 1.08 bits per heavy atom. The first kappa shape index (κ1) is 17.4. The molecule has 3 aromatic rings. The smallest absolute Gasteiger partial charge is 0.0486 e. The summed E-state index contributed by atoms with van der Waals surface area (Å²) >= 11 is 0. The van der Waals surface area contributed by atoms with Gasteiger partial charge in [0.25, 0.3) is 0 Å². The van der Waals surface area contributed by atoms with E-state index in [2.05, 4.69) is 78.8 Å². The monoisotopic (exact) mass is 346 g/mol. The highest BCUT2D eigenvalue weighted by atomic mass is 15.2. The summed E-state index contributed by atoms with van der Waals surface area (Å²) in [5, 5.41) is 1.48. The van der Waals surface area contributed by atoms with Crippen LogP contribution in [0.1, 0.15) is 42.7 Å². The van der Waals surface area contributed by atoms with Crippen molar-refractivity contribution in [1.82, 2.24) is 9.47 Å². The van der Waals surface area contributed by atoms with Gasteiger partial charge >= 0.3 is 0 Å². The Bertz CT molecular complexity index is 891. The Kier molecular flexibility index (Phi) is 4.86. The fourth-order valence-electron chi connectivity index (χ4n) is 4.53. The predicted molar refractivity (Wildman–Crippen MR) is 111 cm³/mol. The maximum atomic E-state index is 2.62. The van der Waals surface area contributed by atoms with E-state index in [-0.39, 0.29) is 0 Å². The summed E-state index contributed by atoms with van der Waals surface area (Å²) in [5.74, 6) is 0. The van der Waals surface area contributed by atoms with Crippen LogP contribution in [0, 0.1) is 6.92 Å². The van der Waals surface area contributed by atoms with Crippen LogP contribution in [0.2, 0.25) is 0 Å². The van der Waals surface area contributed by atoms with Gasteiger partial charge in [-0.05, 0) is 56.5 Å². The normalized spacial score (nSPS) is 17.6. The predicted octanol–water partition coefficient (Wildman–Crippen LogP) is 5.35. The molecule has 4 rings (SSSR count). The van der Waals surface area contributed by atoms with E-state index in [1.165, 1.54) is 34.9 Å². The van der Waals surface area contributed by atoms with Crippen molar-refractivity contribution in [3.05, 3.63) is 70.9 Å². The van der Waals surface area contributed by atoms with E-state index < -0.39 is 0 Å². The van der Waals surface area contributed by atoms with Crippen molar-refractivity contribution < 1.29 is 0 Å². The minimum atomic E-state index is 0.630. The van der Waals surface area contributed by atoms with Crippen LogP contribution in [-0.2, 0) is 25.9 Å². The zero-order valence-corrected chi connectivity index (χ0v) is 16.3. The molecule has 0 amide bonds. The number of rotatable bonds is 5. The van der Waals surface area contributed by atoms with Gasteiger partial charge in [-0.15, -0.1) is 0 Å². The molecule has 0 saturated carbocycles. The Hall–Kier alpha value is -2.06. The highest BCUT2D eigenvalue weighted by Crippen LogP contribution is 2.33. The number of benzene rings is 2. The van der Waals surface area contributed by atoms with Crippen LogP contribution >= 0.6 is 0 Å². The van der Waals surface area contributed by atoms with Crippen molar-refractivity contribution in [3.8, 4) is 0 Å². The molecule has 0 spiro atoms. The lowest BCUT2D eigenvalue weighted by molar-refractivity contribution is 0.192. The molecule has 1 aromatic heterocycles. The quantitative estimate of drug-likeness (QED) is 0.604. The third kappa shape index (κ3) is 3.19. The SMILES string of the molecule is CCN1Cc2c(n(CCCc3ccccc3)c3ccc(C)cc23)CC1C. The maximum Gasteiger partial charge on any atom is 0.0486 e. The van der Waals surface area contributed by atoms with Gasteiger partial charge in [0, 0.05) is 42.1 Å². The van der Waals surface area contributed by atoms with E-state index in [0.717, 1.165) is 26.1 Å². The molecule has 136 valence electrons.